The molecule has 0 aliphatic rings. The number of hydrogen-bond donors (Lipinski definition) is 2. The van der Waals surface area contributed by atoms with Crippen molar-refractivity contribution in [3.05, 3.63) is 0 Å². The summed E-state index contributed by atoms with van der Waals surface area (Å²) in [6.45, 7) is 6.26. The van der Waals surface area contributed by atoms with E-state index < -0.39 is 11.9 Å². The summed E-state index contributed by atoms with van der Waals surface area (Å²) in [6.07, 6.45) is -0.0952. The zero-order valence-electron chi connectivity index (χ0n) is 8.99. The number of amides is 2. The Morgan fingerprint density at radius 3 is 2.14 bits per heavy atom. The lowest BCUT2D eigenvalue weighted by Crippen LogP contribution is -2.48. The number of carbonyl (C=O) groups excluding carboxylic acids is 2. The fourth-order valence-electron chi connectivity index (χ4n) is 1.29. The quantitative estimate of drug-likeness (QED) is 0.625. The minimum atomic E-state index is -0.810. The molecule has 1 unspecified atom stereocenters. The second-order valence-corrected chi connectivity index (χ2v) is 3.49. The minimum Gasteiger partial charge on any atom is -0.370 e. The van der Waals surface area contributed by atoms with Crippen molar-refractivity contribution in [3.8, 4) is 0 Å². The van der Waals surface area contributed by atoms with E-state index in [4.69, 9.17) is 11.5 Å². The van der Waals surface area contributed by atoms with E-state index in [1.54, 1.807) is 4.90 Å². The van der Waals surface area contributed by atoms with Crippen LogP contribution in [-0.2, 0) is 9.59 Å². The van der Waals surface area contributed by atoms with E-state index in [9.17, 15) is 9.59 Å². The van der Waals surface area contributed by atoms with Gasteiger partial charge in [-0.05, 0) is 20.8 Å². The monoisotopic (exact) mass is 201 g/mol. The first-order valence-electron chi connectivity index (χ1n) is 4.74. The molecule has 1 atom stereocenters. The average molecular weight is 201 g/mol. The lowest BCUT2D eigenvalue weighted by Gasteiger charge is -2.27. The van der Waals surface area contributed by atoms with E-state index in [0.29, 0.717) is 6.54 Å². The maximum atomic E-state index is 11.6. The van der Waals surface area contributed by atoms with Gasteiger partial charge < -0.3 is 16.4 Å². The molecule has 5 nitrogen and oxygen atoms in total. The summed E-state index contributed by atoms with van der Waals surface area (Å²) in [7, 11) is 0. The molecule has 0 aliphatic carbocycles. The third kappa shape index (κ3) is 3.74. The summed E-state index contributed by atoms with van der Waals surface area (Å²) in [5.74, 6) is -0.771. The van der Waals surface area contributed by atoms with Gasteiger partial charge in [-0.25, -0.2) is 0 Å². The van der Waals surface area contributed by atoms with Crippen LogP contribution in [0.3, 0.4) is 0 Å². The molecular formula is C9H19N3O2. The number of carbonyl (C=O) groups is 2. The van der Waals surface area contributed by atoms with Gasteiger partial charge in [0.2, 0.25) is 11.8 Å². The summed E-state index contributed by atoms with van der Waals surface area (Å²) in [5, 5.41) is 0. The second kappa shape index (κ2) is 5.59. The van der Waals surface area contributed by atoms with Gasteiger partial charge in [0, 0.05) is 12.6 Å². The van der Waals surface area contributed by atoms with Crippen LogP contribution in [0.5, 0.6) is 0 Å². The van der Waals surface area contributed by atoms with Gasteiger partial charge in [-0.1, -0.05) is 0 Å². The van der Waals surface area contributed by atoms with Crippen molar-refractivity contribution in [1.82, 2.24) is 4.90 Å². The first-order chi connectivity index (χ1) is 6.40. The molecule has 0 aromatic rings. The van der Waals surface area contributed by atoms with Crippen molar-refractivity contribution >= 4 is 11.8 Å². The maximum absolute atomic E-state index is 11.6. The Labute approximate surface area is 84.4 Å². The highest BCUT2D eigenvalue weighted by Crippen LogP contribution is 2.02. The predicted molar refractivity (Wildman–Crippen MR) is 54.3 cm³/mol. The van der Waals surface area contributed by atoms with Crippen molar-refractivity contribution in [2.24, 2.45) is 11.5 Å². The highest BCUT2D eigenvalue weighted by Gasteiger charge is 2.22. The Morgan fingerprint density at radius 2 is 1.86 bits per heavy atom. The van der Waals surface area contributed by atoms with Crippen molar-refractivity contribution in [1.29, 1.82) is 0 Å². The fraction of sp³-hybridized carbons (Fsp3) is 0.778. The summed E-state index contributed by atoms with van der Waals surface area (Å²) >= 11 is 0. The Morgan fingerprint density at radius 1 is 1.36 bits per heavy atom. The molecule has 2 amide bonds. The molecule has 0 fully saturated rings. The van der Waals surface area contributed by atoms with E-state index in [2.05, 4.69) is 0 Å². The Balaban J connectivity index is 4.34. The second-order valence-electron chi connectivity index (χ2n) is 3.49. The van der Waals surface area contributed by atoms with Crippen molar-refractivity contribution in [2.75, 3.05) is 6.54 Å². The van der Waals surface area contributed by atoms with Crippen LogP contribution in [0.4, 0.5) is 0 Å². The number of nitrogens with two attached hydrogens (primary N) is 2. The summed E-state index contributed by atoms with van der Waals surface area (Å²) in [4.78, 5) is 23.8. The Hall–Kier alpha value is -1.10. The van der Waals surface area contributed by atoms with Gasteiger partial charge in [-0.3, -0.25) is 9.59 Å². The van der Waals surface area contributed by atoms with E-state index in [-0.39, 0.29) is 18.4 Å². The first kappa shape index (κ1) is 12.9. The van der Waals surface area contributed by atoms with E-state index >= 15 is 0 Å². The summed E-state index contributed by atoms with van der Waals surface area (Å²) in [6, 6.07) is -0.721. The topological polar surface area (TPSA) is 89.4 Å². The molecular weight excluding hydrogens is 182 g/mol. The maximum Gasteiger partial charge on any atom is 0.240 e. The van der Waals surface area contributed by atoms with Gasteiger partial charge in [0.25, 0.3) is 0 Å². The largest absolute Gasteiger partial charge is 0.370 e. The highest BCUT2D eigenvalue weighted by atomic mass is 16.2. The van der Waals surface area contributed by atoms with Crippen molar-refractivity contribution in [3.63, 3.8) is 0 Å². The average Bonchev–Trinajstić information content (AvgIpc) is 2.03. The van der Waals surface area contributed by atoms with Crippen molar-refractivity contribution in [2.45, 2.75) is 39.3 Å². The van der Waals surface area contributed by atoms with E-state index in [1.807, 2.05) is 20.8 Å². The Kier molecular flexibility index (Phi) is 5.15. The molecule has 4 N–H and O–H groups in total. The lowest BCUT2D eigenvalue weighted by atomic mass is 10.1. The van der Waals surface area contributed by atoms with Crippen LogP contribution in [-0.4, -0.2) is 35.3 Å². The van der Waals surface area contributed by atoms with Crippen LogP contribution in [0, 0.1) is 0 Å². The highest BCUT2D eigenvalue weighted by molar-refractivity contribution is 5.87. The van der Waals surface area contributed by atoms with Gasteiger partial charge in [-0.15, -0.1) is 0 Å². The smallest absolute Gasteiger partial charge is 0.240 e. The van der Waals surface area contributed by atoms with Gasteiger partial charge in [0.1, 0.15) is 0 Å². The number of primary amides is 1. The standard InChI is InChI=1S/C9H19N3O2/c1-4-12(6(2)3)9(14)7(10)5-8(11)13/h6-7H,4-5,10H2,1-3H3,(H2,11,13). The summed E-state index contributed by atoms with van der Waals surface area (Å²) in [5.41, 5.74) is 10.5. The third-order valence-corrected chi connectivity index (χ3v) is 1.99. The molecule has 0 aliphatic heterocycles. The van der Waals surface area contributed by atoms with Crippen LogP contribution in [0.15, 0.2) is 0 Å². The molecule has 0 aromatic carbocycles. The number of rotatable bonds is 5. The molecule has 0 radical (unpaired) electrons. The molecule has 0 saturated heterocycles. The van der Waals surface area contributed by atoms with E-state index in [1.165, 1.54) is 0 Å². The zero-order chi connectivity index (χ0) is 11.3. The molecule has 5 heteroatoms. The van der Waals surface area contributed by atoms with Crippen LogP contribution >= 0.6 is 0 Å². The third-order valence-electron chi connectivity index (χ3n) is 1.99. The predicted octanol–water partition coefficient (Wildman–Crippen LogP) is -0.554. The van der Waals surface area contributed by atoms with Crippen LogP contribution in [0.1, 0.15) is 27.2 Å². The van der Waals surface area contributed by atoms with Crippen LogP contribution in [0.25, 0.3) is 0 Å². The molecule has 82 valence electrons. The fourth-order valence-corrected chi connectivity index (χ4v) is 1.29. The molecule has 0 bridgehead atoms. The van der Waals surface area contributed by atoms with Gasteiger partial charge in [0.05, 0.1) is 12.5 Å². The SMILES string of the molecule is CCN(C(=O)C(N)CC(N)=O)C(C)C. The molecule has 0 spiro atoms. The molecule has 0 saturated carbocycles. The molecule has 0 aromatic heterocycles. The minimum absolute atomic E-state index is 0.0893. The van der Waals surface area contributed by atoms with Crippen LogP contribution in [0.2, 0.25) is 0 Å². The lowest BCUT2D eigenvalue weighted by molar-refractivity contribution is -0.136. The first-order valence-corrected chi connectivity index (χ1v) is 4.74. The number of hydrogen-bond acceptors (Lipinski definition) is 3. The van der Waals surface area contributed by atoms with Gasteiger partial charge in [0.15, 0.2) is 0 Å². The van der Waals surface area contributed by atoms with Gasteiger partial charge in [-0.2, -0.15) is 0 Å². The van der Waals surface area contributed by atoms with Gasteiger partial charge >= 0.3 is 0 Å². The Bertz CT molecular complexity index is 216. The number of likely N-dealkylation sites (N-methyl/N-ethyl adjacent to an activating group) is 1. The van der Waals surface area contributed by atoms with Crippen molar-refractivity contribution < 1.29 is 9.59 Å². The summed E-state index contributed by atoms with van der Waals surface area (Å²) < 4.78 is 0. The molecule has 0 rings (SSSR count). The molecule has 0 heterocycles. The number of nitrogens with zero attached hydrogens (tertiary/aromatic N) is 1. The zero-order valence-corrected chi connectivity index (χ0v) is 8.99. The van der Waals surface area contributed by atoms with E-state index in [0.717, 1.165) is 0 Å². The van der Waals surface area contributed by atoms with Crippen LogP contribution < -0.4 is 11.5 Å². The molecule has 14 heavy (non-hydrogen) atoms. The normalized spacial score (nSPS) is 12.6.